The summed E-state index contributed by atoms with van der Waals surface area (Å²) in [6.45, 7) is 3.08. The van der Waals surface area contributed by atoms with Crippen LogP contribution < -0.4 is 0 Å². The number of likely N-dealkylation sites (tertiary alicyclic amines) is 1. The van der Waals surface area contributed by atoms with Crippen molar-refractivity contribution in [3.8, 4) is 0 Å². The van der Waals surface area contributed by atoms with Crippen molar-refractivity contribution in [3.05, 3.63) is 23.0 Å². The van der Waals surface area contributed by atoms with Crippen molar-refractivity contribution in [2.45, 2.75) is 25.9 Å². The van der Waals surface area contributed by atoms with Crippen molar-refractivity contribution >= 4 is 22.2 Å². The lowest BCUT2D eigenvalue weighted by Crippen LogP contribution is -2.31. The number of rotatable bonds is 2. The number of hydrogen-bond donors (Lipinski definition) is 1. The molecule has 1 aliphatic heterocycles. The Morgan fingerprint density at radius 1 is 1.67 bits per heavy atom. The summed E-state index contributed by atoms with van der Waals surface area (Å²) in [5, 5.41) is 11.4. The van der Waals surface area contributed by atoms with Crippen molar-refractivity contribution in [2.75, 3.05) is 13.1 Å². The predicted molar refractivity (Wildman–Crippen MR) is 68.7 cm³/mol. The number of fused-ring (bicyclic) bond motifs is 1. The van der Waals surface area contributed by atoms with Gasteiger partial charge in [0.05, 0.1) is 18.2 Å². The van der Waals surface area contributed by atoms with Crippen LogP contribution in [0.25, 0.3) is 4.96 Å². The molecule has 0 bridgehead atoms. The zero-order valence-electron chi connectivity index (χ0n) is 10.2. The van der Waals surface area contributed by atoms with E-state index in [1.807, 2.05) is 22.9 Å². The Balaban J connectivity index is 1.77. The Hall–Kier alpha value is -1.40. The summed E-state index contributed by atoms with van der Waals surface area (Å²) in [4.78, 5) is 19.1. The molecule has 0 aliphatic carbocycles. The fourth-order valence-corrected chi connectivity index (χ4v) is 3.22. The maximum Gasteiger partial charge on any atom is 0.228 e. The first kappa shape index (κ1) is 11.7. The summed E-state index contributed by atoms with van der Waals surface area (Å²) in [6.07, 6.45) is 2.66. The number of aromatic nitrogens is 2. The third kappa shape index (κ3) is 2.02. The molecule has 6 heteroatoms. The minimum absolute atomic E-state index is 0.0811. The minimum Gasteiger partial charge on any atom is -0.391 e. The fourth-order valence-electron chi connectivity index (χ4n) is 2.30. The summed E-state index contributed by atoms with van der Waals surface area (Å²) in [5.41, 5.74) is 1.94. The second-order valence-electron chi connectivity index (χ2n) is 4.72. The zero-order chi connectivity index (χ0) is 12.7. The van der Waals surface area contributed by atoms with Gasteiger partial charge in [0.1, 0.15) is 0 Å². The highest BCUT2D eigenvalue weighted by Gasteiger charge is 2.25. The Kier molecular flexibility index (Phi) is 2.83. The number of carbonyl (C=O) groups excluding carboxylic acids is 1. The number of hydrogen-bond acceptors (Lipinski definition) is 4. The molecule has 5 nitrogen and oxygen atoms in total. The normalized spacial score (nSPS) is 19.9. The average Bonchev–Trinajstić information content (AvgIpc) is 2.97. The molecule has 18 heavy (non-hydrogen) atoms. The topological polar surface area (TPSA) is 57.8 Å². The van der Waals surface area contributed by atoms with E-state index in [0.29, 0.717) is 25.9 Å². The first-order valence-electron chi connectivity index (χ1n) is 6.01. The van der Waals surface area contributed by atoms with Gasteiger partial charge in [-0.2, -0.15) is 0 Å². The molecular formula is C12H15N3O2S. The first-order chi connectivity index (χ1) is 8.63. The lowest BCUT2D eigenvalue weighted by atomic mass is 10.3. The molecule has 1 fully saturated rings. The number of carbonyl (C=O) groups is 1. The molecule has 2 aromatic rings. The SMILES string of the molecule is Cc1cn2c(CC(=O)N3CC[C@H](O)C3)csc2n1. The second kappa shape index (κ2) is 4.37. The molecule has 0 spiro atoms. The van der Waals surface area contributed by atoms with Gasteiger partial charge in [-0.1, -0.05) is 0 Å². The van der Waals surface area contributed by atoms with E-state index in [9.17, 15) is 9.90 Å². The predicted octanol–water partition coefficient (Wildman–Crippen LogP) is 0.840. The summed E-state index contributed by atoms with van der Waals surface area (Å²) in [7, 11) is 0. The van der Waals surface area contributed by atoms with Gasteiger partial charge in [0.15, 0.2) is 4.96 Å². The number of aliphatic hydroxyl groups is 1. The lowest BCUT2D eigenvalue weighted by Gasteiger charge is -2.14. The average molecular weight is 265 g/mol. The first-order valence-corrected chi connectivity index (χ1v) is 6.89. The molecule has 1 saturated heterocycles. The molecule has 1 amide bonds. The van der Waals surface area contributed by atoms with Crippen LogP contribution in [0.15, 0.2) is 11.6 Å². The van der Waals surface area contributed by atoms with Crippen molar-refractivity contribution in [1.82, 2.24) is 14.3 Å². The van der Waals surface area contributed by atoms with E-state index >= 15 is 0 Å². The summed E-state index contributed by atoms with van der Waals surface area (Å²) in [6, 6.07) is 0. The third-order valence-corrected chi connectivity index (χ3v) is 4.14. The molecule has 0 saturated carbocycles. The summed E-state index contributed by atoms with van der Waals surface area (Å²) >= 11 is 1.55. The van der Waals surface area contributed by atoms with Crippen LogP contribution in [0.1, 0.15) is 17.8 Å². The highest BCUT2D eigenvalue weighted by molar-refractivity contribution is 7.15. The number of aryl methyl sites for hydroxylation is 1. The molecule has 1 N–H and O–H groups in total. The molecule has 1 aliphatic rings. The van der Waals surface area contributed by atoms with E-state index in [1.165, 1.54) is 0 Å². The maximum absolute atomic E-state index is 12.1. The van der Waals surface area contributed by atoms with Gasteiger partial charge in [0, 0.05) is 30.4 Å². The van der Waals surface area contributed by atoms with E-state index in [-0.39, 0.29) is 12.0 Å². The smallest absolute Gasteiger partial charge is 0.228 e. The van der Waals surface area contributed by atoms with Gasteiger partial charge in [-0.3, -0.25) is 9.20 Å². The van der Waals surface area contributed by atoms with Crippen molar-refractivity contribution in [3.63, 3.8) is 0 Å². The third-order valence-electron chi connectivity index (χ3n) is 3.25. The largest absolute Gasteiger partial charge is 0.391 e. The fraction of sp³-hybridized carbons (Fsp3) is 0.500. The van der Waals surface area contributed by atoms with Crippen LogP contribution >= 0.6 is 11.3 Å². The van der Waals surface area contributed by atoms with Crippen molar-refractivity contribution in [2.24, 2.45) is 0 Å². The highest BCUT2D eigenvalue weighted by atomic mass is 32.1. The molecule has 96 valence electrons. The Bertz CT molecular complexity index is 589. The lowest BCUT2D eigenvalue weighted by molar-refractivity contribution is -0.129. The molecule has 1 atom stereocenters. The number of thiazole rings is 1. The highest BCUT2D eigenvalue weighted by Crippen LogP contribution is 2.18. The van der Waals surface area contributed by atoms with Crippen LogP contribution in [0, 0.1) is 6.92 Å². The van der Waals surface area contributed by atoms with Gasteiger partial charge in [0.2, 0.25) is 5.91 Å². The maximum atomic E-state index is 12.1. The van der Waals surface area contributed by atoms with E-state index in [0.717, 1.165) is 16.3 Å². The van der Waals surface area contributed by atoms with Gasteiger partial charge in [-0.15, -0.1) is 11.3 Å². The molecular weight excluding hydrogens is 250 g/mol. The number of β-amino-alcohol motifs (C(OH)–C–C–N with tert-alkyl or cyclic N) is 1. The van der Waals surface area contributed by atoms with Gasteiger partial charge in [-0.05, 0) is 13.3 Å². The van der Waals surface area contributed by atoms with Crippen LogP contribution in [0.3, 0.4) is 0 Å². The number of aliphatic hydroxyl groups excluding tert-OH is 1. The van der Waals surface area contributed by atoms with E-state index in [1.54, 1.807) is 16.2 Å². The van der Waals surface area contributed by atoms with Crippen LogP contribution in [0.4, 0.5) is 0 Å². The van der Waals surface area contributed by atoms with Gasteiger partial charge in [0.25, 0.3) is 0 Å². The van der Waals surface area contributed by atoms with E-state index in [2.05, 4.69) is 4.98 Å². The summed E-state index contributed by atoms with van der Waals surface area (Å²) in [5.74, 6) is 0.0811. The number of nitrogens with zero attached hydrogens (tertiary/aromatic N) is 3. The van der Waals surface area contributed by atoms with Gasteiger partial charge >= 0.3 is 0 Å². The van der Waals surface area contributed by atoms with Crippen molar-refractivity contribution in [1.29, 1.82) is 0 Å². The quantitative estimate of drug-likeness (QED) is 0.875. The van der Waals surface area contributed by atoms with Crippen LogP contribution in [-0.2, 0) is 11.2 Å². The van der Waals surface area contributed by atoms with Gasteiger partial charge in [-0.25, -0.2) is 4.98 Å². The number of amides is 1. The molecule has 0 unspecified atom stereocenters. The summed E-state index contributed by atoms with van der Waals surface area (Å²) < 4.78 is 1.98. The number of imidazole rings is 1. The van der Waals surface area contributed by atoms with E-state index < -0.39 is 0 Å². The molecule has 0 aromatic carbocycles. The molecule has 3 rings (SSSR count). The van der Waals surface area contributed by atoms with Crippen LogP contribution in [-0.4, -0.2) is 44.5 Å². The Morgan fingerprint density at radius 2 is 2.50 bits per heavy atom. The van der Waals surface area contributed by atoms with E-state index in [4.69, 9.17) is 0 Å². The second-order valence-corrected chi connectivity index (χ2v) is 5.56. The van der Waals surface area contributed by atoms with Gasteiger partial charge < -0.3 is 10.0 Å². The molecule has 0 radical (unpaired) electrons. The molecule has 2 aromatic heterocycles. The van der Waals surface area contributed by atoms with Crippen LogP contribution in [0.2, 0.25) is 0 Å². The van der Waals surface area contributed by atoms with Crippen LogP contribution in [0.5, 0.6) is 0 Å². The van der Waals surface area contributed by atoms with Crippen molar-refractivity contribution < 1.29 is 9.90 Å². The monoisotopic (exact) mass is 265 g/mol. The molecule has 3 heterocycles. The Morgan fingerprint density at radius 3 is 3.22 bits per heavy atom. The Labute approximate surface area is 109 Å². The zero-order valence-corrected chi connectivity index (χ0v) is 11.0. The standard InChI is InChI=1S/C12H15N3O2S/c1-8-5-15-9(7-18-12(15)13-8)4-11(17)14-3-2-10(16)6-14/h5,7,10,16H,2-4,6H2,1H3/t10-/m0/s1. The minimum atomic E-state index is -0.355.